The molecule has 2 atom stereocenters. The van der Waals surface area contributed by atoms with Gasteiger partial charge in [0, 0.05) is 11.8 Å². The molecule has 0 aromatic heterocycles. The first-order valence-corrected chi connectivity index (χ1v) is 8.29. The maximum atomic E-state index is 6.08. The van der Waals surface area contributed by atoms with Crippen LogP contribution in [0.15, 0.2) is 24.3 Å². The SMILES string of the molecule is BrCC(CC1Cc2ccccc2O1)C1CCCC1. The smallest absolute Gasteiger partial charge is 0.123 e. The van der Waals surface area contributed by atoms with Gasteiger partial charge in [-0.15, -0.1) is 0 Å². The second-order valence-electron chi connectivity index (χ2n) is 5.75. The Morgan fingerprint density at radius 2 is 2.00 bits per heavy atom. The van der Waals surface area contributed by atoms with Gasteiger partial charge in [0.25, 0.3) is 0 Å². The summed E-state index contributed by atoms with van der Waals surface area (Å²) in [6.07, 6.45) is 8.44. The fraction of sp³-hybridized carbons (Fsp3) is 0.625. The molecular weight excluding hydrogens is 288 g/mol. The number of para-hydroxylation sites is 1. The number of rotatable bonds is 4. The Kier molecular flexibility index (Phi) is 3.93. The zero-order valence-electron chi connectivity index (χ0n) is 10.8. The molecule has 0 bridgehead atoms. The van der Waals surface area contributed by atoms with Crippen LogP contribution in [0.2, 0.25) is 0 Å². The molecule has 2 unspecified atom stereocenters. The van der Waals surface area contributed by atoms with E-state index in [1.807, 2.05) is 0 Å². The number of ether oxygens (including phenoxy) is 1. The normalized spacial score (nSPS) is 24.8. The van der Waals surface area contributed by atoms with E-state index in [0.29, 0.717) is 6.10 Å². The van der Waals surface area contributed by atoms with Gasteiger partial charge >= 0.3 is 0 Å². The van der Waals surface area contributed by atoms with E-state index in [0.717, 1.165) is 29.3 Å². The summed E-state index contributed by atoms with van der Waals surface area (Å²) >= 11 is 3.71. The fourth-order valence-corrected chi connectivity index (χ4v) is 4.33. The van der Waals surface area contributed by atoms with Gasteiger partial charge in [-0.05, 0) is 29.9 Å². The molecule has 2 heteroatoms. The highest BCUT2D eigenvalue weighted by atomic mass is 79.9. The second-order valence-corrected chi connectivity index (χ2v) is 6.39. The number of benzene rings is 1. The minimum Gasteiger partial charge on any atom is -0.490 e. The van der Waals surface area contributed by atoms with Crippen molar-refractivity contribution in [3.63, 3.8) is 0 Å². The standard InChI is InChI=1S/C16H21BrO/c17-11-14(12-5-1-2-6-12)10-15-9-13-7-3-4-8-16(13)18-15/h3-4,7-8,12,14-15H,1-2,5-6,9-11H2. The molecule has 1 saturated carbocycles. The molecule has 1 aliphatic carbocycles. The van der Waals surface area contributed by atoms with Crippen molar-refractivity contribution in [2.24, 2.45) is 11.8 Å². The van der Waals surface area contributed by atoms with Crippen LogP contribution in [0.5, 0.6) is 5.75 Å². The summed E-state index contributed by atoms with van der Waals surface area (Å²) in [6, 6.07) is 8.49. The van der Waals surface area contributed by atoms with Gasteiger partial charge in [-0.2, -0.15) is 0 Å². The maximum absolute atomic E-state index is 6.08. The summed E-state index contributed by atoms with van der Waals surface area (Å²) in [6.45, 7) is 0. The van der Waals surface area contributed by atoms with Gasteiger partial charge in [0.05, 0.1) is 0 Å². The van der Waals surface area contributed by atoms with Crippen molar-refractivity contribution in [1.29, 1.82) is 0 Å². The van der Waals surface area contributed by atoms with Crippen LogP contribution in [0.3, 0.4) is 0 Å². The molecule has 1 nitrogen and oxygen atoms in total. The molecule has 18 heavy (non-hydrogen) atoms. The lowest BCUT2D eigenvalue weighted by Gasteiger charge is -2.24. The molecule has 1 aromatic rings. The number of fused-ring (bicyclic) bond motifs is 1. The quantitative estimate of drug-likeness (QED) is 0.740. The molecule has 0 N–H and O–H groups in total. The predicted octanol–water partition coefficient (Wildman–Crippen LogP) is 4.58. The minimum atomic E-state index is 0.408. The monoisotopic (exact) mass is 308 g/mol. The van der Waals surface area contributed by atoms with Gasteiger partial charge in [0.1, 0.15) is 11.9 Å². The lowest BCUT2D eigenvalue weighted by Crippen LogP contribution is -2.23. The predicted molar refractivity (Wildman–Crippen MR) is 78.4 cm³/mol. The summed E-state index contributed by atoms with van der Waals surface area (Å²) in [5.41, 5.74) is 1.39. The van der Waals surface area contributed by atoms with E-state index in [4.69, 9.17) is 4.74 Å². The molecule has 2 aliphatic rings. The Bertz CT molecular complexity index is 373. The average Bonchev–Trinajstić information content (AvgIpc) is 3.04. The maximum Gasteiger partial charge on any atom is 0.123 e. The highest BCUT2D eigenvalue weighted by Crippen LogP contribution is 2.38. The molecule has 1 aromatic carbocycles. The summed E-state index contributed by atoms with van der Waals surface area (Å²) in [5.74, 6) is 2.84. The Hall–Kier alpha value is -0.500. The third-order valence-electron chi connectivity index (χ3n) is 4.54. The number of hydrogen-bond acceptors (Lipinski definition) is 1. The van der Waals surface area contributed by atoms with Gasteiger partial charge < -0.3 is 4.74 Å². The number of hydrogen-bond donors (Lipinski definition) is 0. The first kappa shape index (κ1) is 12.5. The molecule has 98 valence electrons. The van der Waals surface area contributed by atoms with Crippen molar-refractivity contribution in [1.82, 2.24) is 0 Å². The second kappa shape index (κ2) is 5.64. The third kappa shape index (κ3) is 2.59. The summed E-state index contributed by atoms with van der Waals surface area (Å²) in [4.78, 5) is 0. The Morgan fingerprint density at radius 1 is 1.22 bits per heavy atom. The van der Waals surface area contributed by atoms with Gasteiger partial charge in [-0.1, -0.05) is 59.8 Å². The van der Waals surface area contributed by atoms with Crippen molar-refractivity contribution in [2.45, 2.75) is 44.6 Å². The first-order chi connectivity index (χ1) is 8.86. The van der Waals surface area contributed by atoms with Crippen LogP contribution >= 0.6 is 15.9 Å². The lowest BCUT2D eigenvalue weighted by atomic mass is 9.87. The van der Waals surface area contributed by atoms with Gasteiger partial charge in [-0.3, -0.25) is 0 Å². The Balaban J connectivity index is 1.60. The highest BCUT2D eigenvalue weighted by Gasteiger charge is 2.30. The van der Waals surface area contributed by atoms with E-state index in [1.165, 1.54) is 37.7 Å². The first-order valence-electron chi connectivity index (χ1n) is 7.17. The Labute approximate surface area is 118 Å². The fourth-order valence-electron chi connectivity index (χ4n) is 3.53. The van der Waals surface area contributed by atoms with Crippen LogP contribution in [-0.4, -0.2) is 11.4 Å². The van der Waals surface area contributed by atoms with E-state index in [2.05, 4.69) is 40.2 Å². The van der Waals surface area contributed by atoms with Gasteiger partial charge in [0.2, 0.25) is 0 Å². The van der Waals surface area contributed by atoms with Crippen molar-refractivity contribution >= 4 is 15.9 Å². The molecule has 3 rings (SSSR count). The third-order valence-corrected chi connectivity index (χ3v) is 5.38. The van der Waals surface area contributed by atoms with Crippen LogP contribution in [0, 0.1) is 11.8 Å². The van der Waals surface area contributed by atoms with Gasteiger partial charge in [0.15, 0.2) is 0 Å². The van der Waals surface area contributed by atoms with Crippen molar-refractivity contribution in [3.8, 4) is 5.75 Å². The van der Waals surface area contributed by atoms with Gasteiger partial charge in [-0.25, -0.2) is 0 Å². The minimum absolute atomic E-state index is 0.408. The van der Waals surface area contributed by atoms with Crippen molar-refractivity contribution in [3.05, 3.63) is 29.8 Å². The molecule has 0 saturated heterocycles. The summed E-state index contributed by atoms with van der Waals surface area (Å²) < 4.78 is 6.08. The van der Waals surface area contributed by atoms with Crippen molar-refractivity contribution in [2.75, 3.05) is 5.33 Å². The van der Waals surface area contributed by atoms with E-state index in [1.54, 1.807) is 0 Å². The molecule has 1 heterocycles. The van der Waals surface area contributed by atoms with E-state index in [9.17, 15) is 0 Å². The lowest BCUT2D eigenvalue weighted by molar-refractivity contribution is 0.177. The largest absolute Gasteiger partial charge is 0.490 e. The molecule has 1 aliphatic heterocycles. The van der Waals surface area contributed by atoms with Crippen LogP contribution < -0.4 is 4.74 Å². The van der Waals surface area contributed by atoms with E-state index in [-0.39, 0.29) is 0 Å². The van der Waals surface area contributed by atoms with E-state index >= 15 is 0 Å². The summed E-state index contributed by atoms with van der Waals surface area (Å²) in [5, 5.41) is 1.13. The van der Waals surface area contributed by atoms with Crippen LogP contribution in [0.4, 0.5) is 0 Å². The zero-order valence-corrected chi connectivity index (χ0v) is 12.4. The molecule has 0 spiro atoms. The molecule has 0 radical (unpaired) electrons. The van der Waals surface area contributed by atoms with Crippen LogP contribution in [-0.2, 0) is 6.42 Å². The number of alkyl halides is 1. The molecular formula is C16H21BrO. The zero-order chi connectivity index (χ0) is 12.4. The molecule has 1 fully saturated rings. The summed E-state index contributed by atoms with van der Waals surface area (Å²) in [7, 11) is 0. The Morgan fingerprint density at radius 3 is 2.72 bits per heavy atom. The van der Waals surface area contributed by atoms with Crippen LogP contribution in [0.25, 0.3) is 0 Å². The molecule has 0 amide bonds. The topological polar surface area (TPSA) is 9.23 Å². The number of halogens is 1. The average molecular weight is 309 g/mol. The van der Waals surface area contributed by atoms with Crippen molar-refractivity contribution < 1.29 is 4.74 Å². The highest BCUT2D eigenvalue weighted by molar-refractivity contribution is 9.09. The van der Waals surface area contributed by atoms with Crippen LogP contribution in [0.1, 0.15) is 37.7 Å². The van der Waals surface area contributed by atoms with E-state index < -0.39 is 0 Å².